The molecule has 32 heavy (non-hydrogen) atoms. The van der Waals surface area contributed by atoms with Crippen molar-refractivity contribution in [2.75, 3.05) is 4.90 Å². The zero-order valence-corrected chi connectivity index (χ0v) is 19.3. The van der Waals surface area contributed by atoms with Gasteiger partial charge in [-0.05, 0) is 98.2 Å². The Morgan fingerprint density at radius 2 is 1.59 bits per heavy atom. The van der Waals surface area contributed by atoms with Gasteiger partial charge in [-0.15, -0.1) is 0 Å². The topological polar surface area (TPSA) is 33.1 Å². The van der Waals surface area contributed by atoms with Crippen LogP contribution in [0.3, 0.4) is 0 Å². The van der Waals surface area contributed by atoms with Gasteiger partial charge in [-0.1, -0.05) is 24.3 Å². The van der Waals surface area contributed by atoms with Gasteiger partial charge in [-0.3, -0.25) is 4.98 Å². The second-order valence-electron chi connectivity index (χ2n) is 8.48. The van der Waals surface area contributed by atoms with Crippen LogP contribution in [0.5, 0.6) is 0 Å². The molecule has 2 atom stereocenters. The predicted octanol–water partition coefficient (Wildman–Crippen LogP) is 5.97. The number of rotatable bonds is 4. The number of aryl methyl sites for hydroxylation is 3. The van der Waals surface area contributed by atoms with Crippen LogP contribution in [-0.2, 0) is 0 Å². The molecule has 0 spiro atoms. The fraction of sp³-hybridized carbons (Fsp3) is 0.185. The Morgan fingerprint density at radius 1 is 0.812 bits per heavy atom. The van der Waals surface area contributed by atoms with Gasteiger partial charge in [0.25, 0.3) is 0 Å². The number of pyridine rings is 1. The van der Waals surface area contributed by atoms with Crippen molar-refractivity contribution in [2.45, 2.75) is 32.9 Å². The second kappa shape index (κ2) is 8.24. The maximum absolute atomic E-state index is 5.90. The summed E-state index contributed by atoms with van der Waals surface area (Å²) in [7, 11) is 0. The number of benzene rings is 2. The highest BCUT2D eigenvalue weighted by atomic mass is 32.1. The van der Waals surface area contributed by atoms with Crippen LogP contribution in [0.2, 0.25) is 0 Å². The van der Waals surface area contributed by atoms with Gasteiger partial charge in [-0.2, -0.15) is 0 Å². The Morgan fingerprint density at radius 3 is 2.31 bits per heavy atom. The predicted molar refractivity (Wildman–Crippen MR) is 134 cm³/mol. The van der Waals surface area contributed by atoms with E-state index in [9.17, 15) is 0 Å². The lowest BCUT2D eigenvalue weighted by atomic mass is 10.00. The third-order valence-electron chi connectivity index (χ3n) is 5.95. The summed E-state index contributed by atoms with van der Waals surface area (Å²) < 4.78 is 2.26. The minimum Gasteiger partial charge on any atom is -0.351 e. The Bertz CT molecular complexity index is 1260. The molecule has 2 aromatic carbocycles. The van der Waals surface area contributed by atoms with Crippen LogP contribution in [0.4, 0.5) is 5.69 Å². The van der Waals surface area contributed by atoms with Gasteiger partial charge in [0, 0.05) is 29.5 Å². The fourth-order valence-corrected chi connectivity index (χ4v) is 5.02. The smallest absolute Gasteiger partial charge is 0.174 e. The molecule has 0 radical (unpaired) electrons. The standard InChI is InChI=1S/C27H26N4S/c1-18-8-6-9-21(15-18)30-13-7-11-24(30)26-25(23-10-4-5-12-28-23)29-27(32)31(26)22-16-19(2)14-20(3)17-22/h4-17,25-26H,1-3H3,(H,29,32)/t25-,26-/m1/s1. The van der Waals surface area contributed by atoms with E-state index in [4.69, 9.17) is 12.2 Å². The van der Waals surface area contributed by atoms with E-state index in [1.54, 1.807) is 0 Å². The van der Waals surface area contributed by atoms with Crippen LogP contribution < -0.4 is 10.2 Å². The van der Waals surface area contributed by atoms with Gasteiger partial charge in [0.15, 0.2) is 5.11 Å². The van der Waals surface area contributed by atoms with Gasteiger partial charge in [-0.25, -0.2) is 0 Å². The van der Waals surface area contributed by atoms with E-state index in [0.29, 0.717) is 5.11 Å². The first-order valence-corrected chi connectivity index (χ1v) is 11.3. The van der Waals surface area contributed by atoms with E-state index >= 15 is 0 Å². The number of hydrogen-bond acceptors (Lipinski definition) is 2. The molecule has 1 N–H and O–H groups in total. The molecule has 160 valence electrons. The number of aromatic nitrogens is 2. The lowest BCUT2D eigenvalue weighted by Gasteiger charge is -2.29. The van der Waals surface area contributed by atoms with E-state index in [0.717, 1.165) is 22.8 Å². The second-order valence-corrected chi connectivity index (χ2v) is 8.87. The van der Waals surface area contributed by atoms with E-state index in [1.807, 2.05) is 18.3 Å². The van der Waals surface area contributed by atoms with Crippen molar-refractivity contribution in [1.82, 2.24) is 14.9 Å². The molecular weight excluding hydrogens is 412 g/mol. The van der Waals surface area contributed by atoms with Crippen molar-refractivity contribution in [3.63, 3.8) is 0 Å². The van der Waals surface area contributed by atoms with Crippen LogP contribution in [0.1, 0.15) is 40.2 Å². The van der Waals surface area contributed by atoms with Crippen molar-refractivity contribution >= 4 is 23.0 Å². The third-order valence-corrected chi connectivity index (χ3v) is 6.26. The monoisotopic (exact) mass is 438 g/mol. The van der Waals surface area contributed by atoms with Crippen LogP contribution in [-0.4, -0.2) is 14.7 Å². The molecule has 0 saturated carbocycles. The number of nitrogens with one attached hydrogen (secondary N) is 1. The van der Waals surface area contributed by atoms with Crippen molar-refractivity contribution in [2.24, 2.45) is 0 Å². The minimum absolute atomic E-state index is 0.0471. The first-order chi connectivity index (χ1) is 15.5. The zero-order chi connectivity index (χ0) is 22.2. The lowest BCUT2D eigenvalue weighted by Crippen LogP contribution is -2.30. The molecule has 1 aliphatic heterocycles. The normalized spacial score (nSPS) is 18.1. The molecule has 4 nitrogen and oxygen atoms in total. The summed E-state index contributed by atoms with van der Waals surface area (Å²) in [6, 6.07) is 25.4. The van der Waals surface area contributed by atoms with Gasteiger partial charge < -0.3 is 14.8 Å². The number of thiocarbonyl (C=S) groups is 1. The van der Waals surface area contributed by atoms with Crippen molar-refractivity contribution < 1.29 is 0 Å². The van der Waals surface area contributed by atoms with Crippen LogP contribution in [0.25, 0.3) is 5.69 Å². The maximum atomic E-state index is 5.90. The van der Waals surface area contributed by atoms with Gasteiger partial charge in [0.2, 0.25) is 0 Å². The number of anilines is 1. The largest absolute Gasteiger partial charge is 0.351 e. The molecule has 5 heteroatoms. The summed E-state index contributed by atoms with van der Waals surface area (Å²) in [6.07, 6.45) is 3.97. The Labute approximate surface area is 194 Å². The summed E-state index contributed by atoms with van der Waals surface area (Å²) >= 11 is 5.90. The van der Waals surface area contributed by atoms with E-state index in [2.05, 4.69) is 107 Å². The molecule has 0 bridgehead atoms. The van der Waals surface area contributed by atoms with Crippen LogP contribution >= 0.6 is 12.2 Å². The highest BCUT2D eigenvalue weighted by Crippen LogP contribution is 2.42. The van der Waals surface area contributed by atoms with Gasteiger partial charge >= 0.3 is 0 Å². The lowest BCUT2D eigenvalue weighted by molar-refractivity contribution is 0.549. The third kappa shape index (κ3) is 3.69. The Hall–Kier alpha value is -3.44. The molecule has 0 unspecified atom stereocenters. The quantitative estimate of drug-likeness (QED) is 0.398. The highest BCUT2D eigenvalue weighted by Gasteiger charge is 2.42. The van der Waals surface area contributed by atoms with Crippen molar-refractivity contribution in [3.05, 3.63) is 113 Å². The number of nitrogens with zero attached hydrogens (tertiary/aromatic N) is 3. The molecule has 1 fully saturated rings. The summed E-state index contributed by atoms with van der Waals surface area (Å²) in [5, 5.41) is 4.28. The molecule has 2 aromatic heterocycles. The molecule has 1 aliphatic rings. The van der Waals surface area contributed by atoms with E-state index in [-0.39, 0.29) is 12.1 Å². The molecule has 0 aliphatic carbocycles. The van der Waals surface area contributed by atoms with E-state index in [1.165, 1.54) is 16.7 Å². The molecule has 3 heterocycles. The molecule has 4 aromatic rings. The first-order valence-electron chi connectivity index (χ1n) is 10.8. The van der Waals surface area contributed by atoms with Crippen molar-refractivity contribution in [1.29, 1.82) is 0 Å². The average molecular weight is 439 g/mol. The van der Waals surface area contributed by atoms with Crippen LogP contribution in [0, 0.1) is 20.8 Å². The Kier molecular flexibility index (Phi) is 5.27. The SMILES string of the molecule is Cc1cc(C)cc(N2C(=S)N[C@H](c3ccccn3)[C@H]2c2cccn2-c2cccc(C)c2)c1. The molecule has 5 rings (SSSR count). The summed E-state index contributed by atoms with van der Waals surface area (Å²) in [5.74, 6) is 0. The summed E-state index contributed by atoms with van der Waals surface area (Å²) in [4.78, 5) is 6.92. The first kappa shape index (κ1) is 20.5. The number of hydrogen-bond donors (Lipinski definition) is 1. The van der Waals surface area contributed by atoms with Gasteiger partial charge in [0.05, 0.1) is 11.7 Å². The molecule has 1 saturated heterocycles. The molecular formula is C27H26N4S. The average Bonchev–Trinajstić information content (AvgIpc) is 3.38. The summed E-state index contributed by atoms with van der Waals surface area (Å²) in [6.45, 7) is 6.38. The zero-order valence-electron chi connectivity index (χ0n) is 18.5. The summed E-state index contributed by atoms with van der Waals surface area (Å²) in [5.41, 5.74) is 8.05. The van der Waals surface area contributed by atoms with Crippen molar-refractivity contribution in [3.8, 4) is 5.69 Å². The molecule has 0 amide bonds. The minimum atomic E-state index is -0.0667. The Balaban J connectivity index is 1.69. The highest BCUT2D eigenvalue weighted by molar-refractivity contribution is 7.80. The van der Waals surface area contributed by atoms with E-state index < -0.39 is 0 Å². The van der Waals surface area contributed by atoms with Gasteiger partial charge in [0.1, 0.15) is 6.04 Å². The van der Waals surface area contributed by atoms with Crippen LogP contribution in [0.15, 0.2) is 85.2 Å². The fourth-order valence-electron chi connectivity index (χ4n) is 4.67. The maximum Gasteiger partial charge on any atom is 0.174 e.